The van der Waals surface area contributed by atoms with Gasteiger partial charge in [-0.25, -0.2) is 13.6 Å². The van der Waals surface area contributed by atoms with Crippen molar-refractivity contribution in [3.05, 3.63) is 18.2 Å². The SMILES string of the molecule is CCN(CC(C)C#N)c1ccc(S(N)(=O)=O)cc1N. The van der Waals surface area contributed by atoms with E-state index in [9.17, 15) is 8.42 Å². The van der Waals surface area contributed by atoms with Gasteiger partial charge in [0.15, 0.2) is 0 Å². The maximum Gasteiger partial charge on any atom is 0.238 e. The van der Waals surface area contributed by atoms with Crippen LogP contribution in [0.5, 0.6) is 0 Å². The Morgan fingerprint density at radius 1 is 1.47 bits per heavy atom. The fourth-order valence-corrected chi connectivity index (χ4v) is 2.32. The number of benzene rings is 1. The molecule has 0 amide bonds. The molecule has 4 N–H and O–H groups in total. The molecule has 1 rings (SSSR count). The van der Waals surface area contributed by atoms with E-state index in [1.165, 1.54) is 12.1 Å². The maximum absolute atomic E-state index is 11.2. The molecule has 0 saturated heterocycles. The van der Waals surface area contributed by atoms with E-state index in [2.05, 4.69) is 6.07 Å². The fraction of sp³-hybridized carbons (Fsp3) is 0.417. The number of nitrogen functional groups attached to an aromatic ring is 1. The van der Waals surface area contributed by atoms with Crippen LogP contribution >= 0.6 is 0 Å². The molecule has 104 valence electrons. The Hall–Kier alpha value is -1.78. The van der Waals surface area contributed by atoms with Crippen LogP contribution in [0.1, 0.15) is 13.8 Å². The van der Waals surface area contributed by atoms with Crippen LogP contribution in [-0.4, -0.2) is 21.5 Å². The summed E-state index contributed by atoms with van der Waals surface area (Å²) in [5.74, 6) is -0.141. The molecule has 1 aromatic rings. The molecule has 0 aromatic heterocycles. The number of anilines is 2. The van der Waals surface area contributed by atoms with Crippen LogP contribution in [0.3, 0.4) is 0 Å². The van der Waals surface area contributed by atoms with Crippen LogP contribution in [-0.2, 0) is 10.0 Å². The first-order valence-electron chi connectivity index (χ1n) is 5.86. The minimum atomic E-state index is -3.75. The fourth-order valence-electron chi connectivity index (χ4n) is 1.77. The first-order chi connectivity index (χ1) is 8.79. The predicted molar refractivity (Wildman–Crippen MR) is 74.9 cm³/mol. The summed E-state index contributed by atoms with van der Waals surface area (Å²) >= 11 is 0. The van der Waals surface area contributed by atoms with E-state index in [0.717, 1.165) is 0 Å². The lowest BCUT2D eigenvalue weighted by Crippen LogP contribution is -2.28. The minimum absolute atomic E-state index is 0.0156. The molecular formula is C12H18N4O2S. The standard InChI is InChI=1S/C12H18N4O2S/c1-3-16(8-9(2)7-13)12-5-4-10(6-11(12)14)19(15,17)18/h4-6,9H,3,8,14H2,1-2H3,(H2,15,17,18). The van der Waals surface area contributed by atoms with E-state index in [0.29, 0.717) is 24.5 Å². The molecular weight excluding hydrogens is 264 g/mol. The number of nitrogens with zero attached hydrogens (tertiary/aromatic N) is 2. The third-order valence-electron chi connectivity index (χ3n) is 2.76. The largest absolute Gasteiger partial charge is 0.397 e. The molecule has 1 aromatic carbocycles. The third kappa shape index (κ3) is 3.84. The number of nitriles is 1. The molecule has 0 bridgehead atoms. The Kier molecular flexibility index (Phi) is 4.75. The zero-order valence-electron chi connectivity index (χ0n) is 11.0. The van der Waals surface area contributed by atoms with Gasteiger partial charge < -0.3 is 10.6 Å². The number of sulfonamides is 1. The monoisotopic (exact) mass is 282 g/mol. The van der Waals surface area contributed by atoms with E-state index < -0.39 is 10.0 Å². The molecule has 19 heavy (non-hydrogen) atoms. The summed E-state index contributed by atoms with van der Waals surface area (Å²) in [5.41, 5.74) is 6.90. The normalized spacial score (nSPS) is 12.7. The van der Waals surface area contributed by atoms with Crippen molar-refractivity contribution in [3.63, 3.8) is 0 Å². The molecule has 0 aliphatic rings. The Balaban J connectivity index is 3.11. The first-order valence-corrected chi connectivity index (χ1v) is 7.41. The van der Waals surface area contributed by atoms with Gasteiger partial charge in [0.05, 0.1) is 28.3 Å². The molecule has 7 heteroatoms. The van der Waals surface area contributed by atoms with Crippen LogP contribution in [0.4, 0.5) is 11.4 Å². The van der Waals surface area contributed by atoms with Crippen molar-refractivity contribution in [2.24, 2.45) is 11.1 Å². The summed E-state index contributed by atoms with van der Waals surface area (Å²) in [6, 6.07) is 6.53. The second kappa shape index (κ2) is 5.91. The smallest absolute Gasteiger partial charge is 0.238 e. The molecule has 0 fully saturated rings. The Bertz CT molecular complexity index is 592. The van der Waals surface area contributed by atoms with Crippen LogP contribution in [0.2, 0.25) is 0 Å². The highest BCUT2D eigenvalue weighted by atomic mass is 32.2. The van der Waals surface area contributed by atoms with Crippen molar-refractivity contribution in [2.45, 2.75) is 18.7 Å². The number of rotatable bonds is 5. The molecule has 0 saturated carbocycles. The second-order valence-corrected chi connectivity index (χ2v) is 5.90. The quantitative estimate of drug-likeness (QED) is 0.779. The summed E-state index contributed by atoms with van der Waals surface area (Å²) in [4.78, 5) is 1.91. The molecule has 0 aliphatic carbocycles. The summed E-state index contributed by atoms with van der Waals surface area (Å²) in [6.45, 7) is 4.96. The maximum atomic E-state index is 11.2. The van der Waals surface area contributed by atoms with Crippen LogP contribution in [0.25, 0.3) is 0 Å². The molecule has 0 heterocycles. The van der Waals surface area contributed by atoms with Gasteiger partial charge in [0.1, 0.15) is 0 Å². The minimum Gasteiger partial charge on any atom is -0.397 e. The molecule has 6 nitrogen and oxygen atoms in total. The van der Waals surface area contributed by atoms with Crippen molar-refractivity contribution in [1.29, 1.82) is 5.26 Å². The molecule has 0 aliphatic heterocycles. The summed E-state index contributed by atoms with van der Waals surface area (Å²) in [6.07, 6.45) is 0. The molecule has 0 spiro atoms. The van der Waals surface area contributed by atoms with E-state index in [1.807, 2.05) is 18.7 Å². The van der Waals surface area contributed by atoms with Gasteiger partial charge in [0.2, 0.25) is 10.0 Å². The van der Waals surface area contributed by atoms with Crippen molar-refractivity contribution in [2.75, 3.05) is 23.7 Å². The topological polar surface area (TPSA) is 113 Å². The van der Waals surface area contributed by atoms with Crippen LogP contribution < -0.4 is 15.8 Å². The number of nitrogens with two attached hydrogens (primary N) is 2. The number of hydrogen-bond acceptors (Lipinski definition) is 5. The van der Waals surface area contributed by atoms with Gasteiger partial charge in [0, 0.05) is 13.1 Å². The number of hydrogen-bond donors (Lipinski definition) is 2. The lowest BCUT2D eigenvalue weighted by molar-refractivity contribution is 0.598. The van der Waals surface area contributed by atoms with Gasteiger partial charge >= 0.3 is 0 Å². The van der Waals surface area contributed by atoms with E-state index in [1.54, 1.807) is 6.07 Å². The molecule has 0 radical (unpaired) electrons. The average Bonchev–Trinajstić information content (AvgIpc) is 2.34. The van der Waals surface area contributed by atoms with Crippen molar-refractivity contribution in [1.82, 2.24) is 0 Å². The van der Waals surface area contributed by atoms with E-state index >= 15 is 0 Å². The summed E-state index contributed by atoms with van der Waals surface area (Å²) < 4.78 is 22.5. The lowest BCUT2D eigenvalue weighted by Gasteiger charge is -2.25. The number of primary sulfonamides is 1. The molecule has 1 atom stereocenters. The van der Waals surface area contributed by atoms with Gasteiger partial charge in [-0.2, -0.15) is 5.26 Å². The van der Waals surface area contributed by atoms with Gasteiger partial charge in [-0.15, -0.1) is 0 Å². The van der Waals surface area contributed by atoms with E-state index in [4.69, 9.17) is 16.1 Å². The van der Waals surface area contributed by atoms with Crippen molar-refractivity contribution in [3.8, 4) is 6.07 Å². The predicted octanol–water partition coefficient (Wildman–Crippen LogP) is 0.902. The van der Waals surface area contributed by atoms with Crippen molar-refractivity contribution < 1.29 is 8.42 Å². The molecule has 1 unspecified atom stereocenters. The van der Waals surface area contributed by atoms with E-state index in [-0.39, 0.29) is 10.8 Å². The van der Waals surface area contributed by atoms with Gasteiger partial charge in [0.25, 0.3) is 0 Å². The van der Waals surface area contributed by atoms with Gasteiger partial charge in [-0.3, -0.25) is 0 Å². The van der Waals surface area contributed by atoms with Crippen molar-refractivity contribution >= 4 is 21.4 Å². The zero-order chi connectivity index (χ0) is 14.6. The lowest BCUT2D eigenvalue weighted by atomic mass is 10.1. The summed E-state index contributed by atoms with van der Waals surface area (Å²) in [5, 5.41) is 13.9. The van der Waals surface area contributed by atoms with Gasteiger partial charge in [-0.05, 0) is 32.0 Å². The highest BCUT2D eigenvalue weighted by Crippen LogP contribution is 2.26. The highest BCUT2D eigenvalue weighted by molar-refractivity contribution is 7.89. The first kappa shape index (κ1) is 15.3. The zero-order valence-corrected chi connectivity index (χ0v) is 11.8. The Morgan fingerprint density at radius 3 is 2.53 bits per heavy atom. The van der Waals surface area contributed by atoms with Crippen LogP contribution in [0, 0.1) is 17.2 Å². The Labute approximate surface area is 113 Å². The van der Waals surface area contributed by atoms with Crippen LogP contribution in [0.15, 0.2) is 23.1 Å². The highest BCUT2D eigenvalue weighted by Gasteiger charge is 2.15. The summed E-state index contributed by atoms with van der Waals surface area (Å²) in [7, 11) is -3.75. The Morgan fingerprint density at radius 2 is 2.11 bits per heavy atom. The van der Waals surface area contributed by atoms with Gasteiger partial charge in [-0.1, -0.05) is 0 Å². The average molecular weight is 282 g/mol. The third-order valence-corrected chi connectivity index (χ3v) is 3.68. The second-order valence-electron chi connectivity index (χ2n) is 4.33.